The zero-order valence-corrected chi connectivity index (χ0v) is 18.4. The molecule has 0 saturated carbocycles. The van der Waals surface area contributed by atoms with Crippen molar-refractivity contribution in [3.8, 4) is 11.5 Å². The number of anilines is 1. The highest BCUT2D eigenvalue weighted by Crippen LogP contribution is 2.44. The van der Waals surface area contributed by atoms with E-state index >= 15 is 0 Å². The predicted molar refractivity (Wildman–Crippen MR) is 117 cm³/mol. The summed E-state index contributed by atoms with van der Waals surface area (Å²) in [6.45, 7) is -0.205. The van der Waals surface area contributed by atoms with Crippen molar-refractivity contribution in [1.29, 1.82) is 0 Å². The number of nitrogens with one attached hydrogen (secondary N) is 2. The molecule has 0 spiro atoms. The summed E-state index contributed by atoms with van der Waals surface area (Å²) in [5.74, 6) is -0.531. The zero-order valence-electron chi connectivity index (χ0n) is 15.4. The number of benzene rings is 2. The summed E-state index contributed by atoms with van der Waals surface area (Å²) in [5, 5.41) is 3.34. The van der Waals surface area contributed by atoms with Crippen LogP contribution in [0.2, 0.25) is 15.1 Å². The number of sulfonamides is 1. The minimum absolute atomic E-state index is 0.00475. The topological polar surface area (TPSA) is 92.7 Å². The summed E-state index contributed by atoms with van der Waals surface area (Å²) in [5.41, 5.74) is 0.0950. The molecule has 2 aromatic carbocycles. The van der Waals surface area contributed by atoms with Gasteiger partial charge in [-0.15, -0.1) is 0 Å². The molecule has 2 N–H and O–H groups in total. The standard InChI is InChI=1S/C19H12Cl3FN4O3S/c20-10-3-1-5-14(16(10)22)30-18-11(21)6-7-15-17(18)26-19(27-31(15,28)29)25-9-13-12(23)4-2-8-24-13/h1-8H,9H2,(H2,25,26,27). The van der Waals surface area contributed by atoms with Crippen molar-refractivity contribution in [1.82, 2.24) is 9.71 Å². The van der Waals surface area contributed by atoms with Crippen LogP contribution in [-0.2, 0) is 16.6 Å². The maximum atomic E-state index is 13.8. The first-order valence-corrected chi connectivity index (χ1v) is 11.3. The van der Waals surface area contributed by atoms with Gasteiger partial charge in [0.25, 0.3) is 10.0 Å². The van der Waals surface area contributed by atoms with Crippen molar-refractivity contribution in [2.24, 2.45) is 4.99 Å². The fourth-order valence-corrected chi connectivity index (χ4v) is 4.41. The Hall–Kier alpha value is -2.59. The van der Waals surface area contributed by atoms with E-state index in [-0.39, 0.29) is 55.3 Å². The Morgan fingerprint density at radius 3 is 2.65 bits per heavy atom. The van der Waals surface area contributed by atoms with Crippen LogP contribution in [0, 0.1) is 5.82 Å². The smallest absolute Gasteiger partial charge is 0.266 e. The summed E-state index contributed by atoms with van der Waals surface area (Å²) < 4.78 is 47.4. The molecule has 0 fully saturated rings. The van der Waals surface area contributed by atoms with E-state index in [1.54, 1.807) is 18.2 Å². The van der Waals surface area contributed by atoms with E-state index in [1.165, 1.54) is 30.5 Å². The van der Waals surface area contributed by atoms with E-state index in [2.05, 4.69) is 20.0 Å². The summed E-state index contributed by atoms with van der Waals surface area (Å²) >= 11 is 18.5. The van der Waals surface area contributed by atoms with Gasteiger partial charge in [-0.1, -0.05) is 40.9 Å². The molecule has 0 radical (unpaired) electrons. The molecule has 1 aliphatic rings. The van der Waals surface area contributed by atoms with Crippen molar-refractivity contribution in [2.45, 2.75) is 11.4 Å². The number of guanidine groups is 1. The van der Waals surface area contributed by atoms with Crippen molar-refractivity contribution in [2.75, 3.05) is 5.32 Å². The first-order valence-electron chi connectivity index (χ1n) is 8.64. The van der Waals surface area contributed by atoms with Crippen molar-refractivity contribution in [3.05, 3.63) is 75.2 Å². The molecule has 7 nitrogen and oxygen atoms in total. The van der Waals surface area contributed by atoms with Crippen molar-refractivity contribution in [3.63, 3.8) is 0 Å². The number of aliphatic imine (C=N–C) groups is 1. The van der Waals surface area contributed by atoms with Gasteiger partial charge >= 0.3 is 0 Å². The number of hydrogen-bond acceptors (Lipinski definition) is 5. The summed E-state index contributed by atoms with van der Waals surface area (Å²) in [6.07, 6.45) is 1.41. The molecule has 160 valence electrons. The van der Waals surface area contributed by atoms with Gasteiger partial charge in [0.05, 0.1) is 22.3 Å². The molecule has 0 atom stereocenters. The molecule has 31 heavy (non-hydrogen) atoms. The second kappa shape index (κ2) is 8.51. The van der Waals surface area contributed by atoms with Crippen LogP contribution in [0.15, 0.2) is 58.5 Å². The van der Waals surface area contributed by atoms with Gasteiger partial charge in [-0.05, 0) is 36.4 Å². The lowest BCUT2D eigenvalue weighted by Crippen LogP contribution is -2.41. The van der Waals surface area contributed by atoms with Crippen LogP contribution < -0.4 is 14.8 Å². The minimum atomic E-state index is -4.01. The highest BCUT2D eigenvalue weighted by Gasteiger charge is 2.31. The van der Waals surface area contributed by atoms with Crippen molar-refractivity contribution < 1.29 is 17.5 Å². The quantitative estimate of drug-likeness (QED) is 0.510. The number of pyridine rings is 1. The van der Waals surface area contributed by atoms with Crippen LogP contribution in [0.4, 0.5) is 10.1 Å². The van der Waals surface area contributed by atoms with Crippen LogP contribution in [0.1, 0.15) is 5.69 Å². The predicted octanol–water partition coefficient (Wildman–Crippen LogP) is 5.23. The SMILES string of the molecule is O=S1(=O)NC(=NCc2ncccc2F)Nc2c1ccc(Cl)c2Oc1cccc(Cl)c1Cl. The van der Waals surface area contributed by atoms with E-state index in [0.717, 1.165) is 0 Å². The first-order chi connectivity index (χ1) is 14.8. The molecular formula is C19H12Cl3FN4O3S. The Morgan fingerprint density at radius 1 is 1.06 bits per heavy atom. The second-order valence-corrected chi connectivity index (χ2v) is 9.07. The zero-order chi connectivity index (χ0) is 22.2. The van der Waals surface area contributed by atoms with E-state index in [0.29, 0.717) is 0 Å². The lowest BCUT2D eigenvalue weighted by atomic mass is 10.2. The highest BCUT2D eigenvalue weighted by atomic mass is 35.5. The fourth-order valence-electron chi connectivity index (χ4n) is 2.74. The molecule has 0 saturated heterocycles. The third-order valence-corrected chi connectivity index (χ3v) is 6.67. The minimum Gasteiger partial charge on any atom is -0.452 e. The average Bonchev–Trinajstić information content (AvgIpc) is 2.72. The summed E-state index contributed by atoms with van der Waals surface area (Å²) in [4.78, 5) is 7.86. The summed E-state index contributed by atoms with van der Waals surface area (Å²) in [7, 11) is -4.01. The van der Waals surface area contributed by atoms with Gasteiger partial charge in [0.2, 0.25) is 5.96 Å². The Balaban J connectivity index is 1.74. The maximum Gasteiger partial charge on any atom is 0.266 e. The number of aromatic nitrogens is 1. The normalized spacial score (nSPS) is 15.7. The van der Waals surface area contributed by atoms with Gasteiger partial charge in [-0.25, -0.2) is 22.5 Å². The van der Waals surface area contributed by atoms with Crippen LogP contribution in [0.3, 0.4) is 0 Å². The lowest BCUT2D eigenvalue weighted by Gasteiger charge is -2.24. The van der Waals surface area contributed by atoms with E-state index in [4.69, 9.17) is 39.5 Å². The van der Waals surface area contributed by atoms with Gasteiger partial charge < -0.3 is 10.1 Å². The number of hydrogen-bond donors (Lipinski definition) is 2. The van der Waals surface area contributed by atoms with E-state index < -0.39 is 15.8 Å². The van der Waals surface area contributed by atoms with Crippen LogP contribution in [0.25, 0.3) is 0 Å². The lowest BCUT2D eigenvalue weighted by molar-refractivity contribution is 0.483. The monoisotopic (exact) mass is 500 g/mol. The summed E-state index contributed by atoms with van der Waals surface area (Å²) in [6, 6.07) is 10.1. The number of ether oxygens (including phenoxy) is 1. The van der Waals surface area contributed by atoms with Gasteiger partial charge in [0.15, 0.2) is 5.75 Å². The Labute approximate surface area is 191 Å². The largest absolute Gasteiger partial charge is 0.452 e. The molecule has 3 aromatic rings. The third-order valence-electron chi connectivity index (χ3n) is 4.19. The average molecular weight is 502 g/mol. The van der Waals surface area contributed by atoms with Crippen LogP contribution in [0.5, 0.6) is 11.5 Å². The number of halogens is 4. The molecule has 1 aromatic heterocycles. The number of rotatable bonds is 4. The van der Waals surface area contributed by atoms with Gasteiger partial charge in [-0.3, -0.25) is 4.98 Å². The van der Waals surface area contributed by atoms with Crippen LogP contribution >= 0.6 is 34.8 Å². The molecule has 2 heterocycles. The van der Waals surface area contributed by atoms with E-state index in [1.807, 2.05) is 0 Å². The maximum absolute atomic E-state index is 13.8. The Bertz CT molecular complexity index is 1320. The fraction of sp³-hybridized carbons (Fsp3) is 0.0526. The van der Waals surface area contributed by atoms with Gasteiger partial charge in [-0.2, -0.15) is 0 Å². The molecule has 0 bridgehead atoms. The van der Waals surface area contributed by atoms with Gasteiger partial charge in [0, 0.05) is 6.20 Å². The highest BCUT2D eigenvalue weighted by molar-refractivity contribution is 7.90. The first kappa shape index (κ1) is 21.6. The van der Waals surface area contributed by atoms with Gasteiger partial charge in [0.1, 0.15) is 27.2 Å². The molecule has 4 rings (SSSR count). The van der Waals surface area contributed by atoms with Crippen LogP contribution in [-0.4, -0.2) is 19.4 Å². The molecule has 0 aliphatic carbocycles. The molecular weight excluding hydrogens is 490 g/mol. The Kier molecular flexibility index (Phi) is 5.94. The molecule has 0 unspecified atom stereocenters. The Morgan fingerprint density at radius 2 is 1.87 bits per heavy atom. The number of fused-ring (bicyclic) bond motifs is 1. The van der Waals surface area contributed by atoms with Crippen molar-refractivity contribution >= 4 is 56.5 Å². The molecule has 1 aliphatic heterocycles. The molecule has 12 heteroatoms. The van der Waals surface area contributed by atoms with E-state index in [9.17, 15) is 12.8 Å². The molecule has 0 amide bonds. The number of nitrogens with zero attached hydrogens (tertiary/aromatic N) is 2. The third kappa shape index (κ3) is 4.40. The second-order valence-electron chi connectivity index (χ2n) is 6.23.